The summed E-state index contributed by atoms with van der Waals surface area (Å²) in [6, 6.07) is 17.7. The molecular weight excluding hydrogens is 358 g/mol. The molecule has 1 aliphatic heterocycles. The number of primary amides is 1. The molecule has 0 bridgehead atoms. The summed E-state index contributed by atoms with van der Waals surface area (Å²) >= 11 is 0. The molecule has 28 heavy (non-hydrogen) atoms. The monoisotopic (exact) mass is 379 g/mol. The van der Waals surface area contributed by atoms with E-state index in [0.29, 0.717) is 12.2 Å². The molecule has 0 fully saturated rings. The van der Waals surface area contributed by atoms with Crippen molar-refractivity contribution in [3.63, 3.8) is 0 Å². The highest BCUT2D eigenvalue weighted by molar-refractivity contribution is 6.40. The van der Waals surface area contributed by atoms with Crippen LogP contribution < -0.4 is 21.4 Å². The molecule has 0 aliphatic carbocycles. The molecule has 1 atom stereocenters. The first-order valence-corrected chi connectivity index (χ1v) is 8.84. The number of anilines is 1. The van der Waals surface area contributed by atoms with Crippen molar-refractivity contribution in [3.8, 4) is 0 Å². The quantitative estimate of drug-likeness (QED) is 0.651. The maximum atomic E-state index is 12.4. The molecule has 0 saturated heterocycles. The number of nitrogens with two attached hydrogens (primary N) is 1. The fourth-order valence-electron chi connectivity index (χ4n) is 2.81. The summed E-state index contributed by atoms with van der Waals surface area (Å²) in [4.78, 5) is 36.1. The maximum absolute atomic E-state index is 12.4. The molecule has 144 valence electrons. The topological polar surface area (TPSA) is 117 Å². The Morgan fingerprint density at radius 1 is 1.00 bits per heavy atom. The zero-order chi connectivity index (χ0) is 19.9. The first-order valence-electron chi connectivity index (χ1n) is 8.84. The molecule has 2 aromatic carbocycles. The Balaban J connectivity index is 1.56. The lowest BCUT2D eigenvalue weighted by Crippen LogP contribution is -2.41. The van der Waals surface area contributed by atoms with Gasteiger partial charge in [-0.2, -0.15) is 5.10 Å². The first-order chi connectivity index (χ1) is 13.5. The third kappa shape index (κ3) is 4.73. The van der Waals surface area contributed by atoms with Crippen LogP contribution >= 0.6 is 0 Å². The number of hydrogen-bond donors (Lipinski definition) is 3. The molecule has 8 heteroatoms. The average molecular weight is 379 g/mol. The third-order valence-electron chi connectivity index (χ3n) is 4.26. The van der Waals surface area contributed by atoms with Crippen molar-refractivity contribution in [1.29, 1.82) is 0 Å². The molecular formula is C20H21N5O3. The molecule has 1 unspecified atom stereocenters. The minimum Gasteiger partial charge on any atom is -0.368 e. The average Bonchev–Trinajstić information content (AvgIpc) is 3.18. The molecule has 8 nitrogen and oxygen atoms in total. The number of hydrogen-bond acceptors (Lipinski definition) is 5. The predicted octanol–water partition coefficient (Wildman–Crippen LogP) is 0.539. The van der Waals surface area contributed by atoms with Crippen LogP contribution in [0.5, 0.6) is 0 Å². The van der Waals surface area contributed by atoms with Gasteiger partial charge in [-0.1, -0.05) is 48.5 Å². The van der Waals surface area contributed by atoms with Crippen molar-refractivity contribution in [2.45, 2.75) is 19.0 Å². The van der Waals surface area contributed by atoms with E-state index in [1.54, 1.807) is 24.3 Å². The van der Waals surface area contributed by atoms with Crippen molar-refractivity contribution < 1.29 is 14.4 Å². The minimum absolute atomic E-state index is 0.0850. The molecule has 0 aromatic heterocycles. The van der Waals surface area contributed by atoms with Crippen molar-refractivity contribution in [2.75, 3.05) is 11.6 Å². The van der Waals surface area contributed by atoms with Crippen molar-refractivity contribution in [3.05, 3.63) is 66.2 Å². The molecule has 3 amide bonds. The first kappa shape index (κ1) is 19.1. The Hall–Kier alpha value is -3.68. The van der Waals surface area contributed by atoms with Gasteiger partial charge in [0.05, 0.1) is 12.2 Å². The van der Waals surface area contributed by atoms with Gasteiger partial charge in [0.1, 0.15) is 11.8 Å². The molecule has 1 aliphatic rings. The lowest BCUT2D eigenvalue weighted by atomic mass is 10.1. The normalized spacial score (nSPS) is 15.6. The summed E-state index contributed by atoms with van der Waals surface area (Å²) in [5.74, 6) is -1.39. The van der Waals surface area contributed by atoms with Gasteiger partial charge >= 0.3 is 0 Å². The number of benzene rings is 2. The molecule has 2 aromatic rings. The lowest BCUT2D eigenvalue weighted by Gasteiger charge is -2.20. The number of hydrazone groups is 1. The van der Waals surface area contributed by atoms with Gasteiger partial charge in [0, 0.05) is 13.0 Å². The number of para-hydroxylation sites is 1. The SMILES string of the molecule is NC(=O)C1CC(C(=O)NCC(=O)NCc2ccccc2)=NN1c1ccccc1. The highest BCUT2D eigenvalue weighted by Crippen LogP contribution is 2.24. The van der Waals surface area contributed by atoms with Gasteiger partial charge in [0.15, 0.2) is 0 Å². The Morgan fingerprint density at radius 2 is 1.64 bits per heavy atom. The molecule has 0 spiro atoms. The molecule has 4 N–H and O–H groups in total. The van der Waals surface area contributed by atoms with Crippen LogP contribution in [-0.4, -0.2) is 36.0 Å². The van der Waals surface area contributed by atoms with Gasteiger partial charge < -0.3 is 16.4 Å². The standard InChI is InChI=1S/C20H21N5O3/c21-19(27)17-11-16(24-25(17)15-9-5-2-6-10-15)20(28)23-13-18(26)22-12-14-7-3-1-4-8-14/h1-10,17H,11-13H2,(H2,21,27)(H,22,26)(H,23,28). The number of nitrogens with zero attached hydrogens (tertiary/aromatic N) is 2. The van der Waals surface area contributed by atoms with Crippen LogP contribution in [0.3, 0.4) is 0 Å². The second-order valence-corrected chi connectivity index (χ2v) is 6.29. The summed E-state index contributed by atoms with van der Waals surface area (Å²) in [6.07, 6.45) is 0.0850. The summed E-state index contributed by atoms with van der Waals surface area (Å²) in [5.41, 5.74) is 7.24. The van der Waals surface area contributed by atoms with E-state index in [4.69, 9.17) is 5.73 Å². The Bertz CT molecular complexity index is 883. The van der Waals surface area contributed by atoms with Crippen LogP contribution in [0.2, 0.25) is 0 Å². The fraction of sp³-hybridized carbons (Fsp3) is 0.200. The summed E-state index contributed by atoms with van der Waals surface area (Å²) in [5, 5.41) is 10.9. The Kier molecular flexibility index (Phi) is 6.01. The largest absolute Gasteiger partial charge is 0.368 e. The van der Waals surface area contributed by atoms with Crippen LogP contribution in [0.1, 0.15) is 12.0 Å². The second-order valence-electron chi connectivity index (χ2n) is 6.29. The van der Waals surface area contributed by atoms with Gasteiger partial charge in [-0.05, 0) is 17.7 Å². The summed E-state index contributed by atoms with van der Waals surface area (Å²) < 4.78 is 0. The van der Waals surface area contributed by atoms with Crippen molar-refractivity contribution in [1.82, 2.24) is 10.6 Å². The van der Waals surface area contributed by atoms with Gasteiger partial charge in [0.2, 0.25) is 11.8 Å². The molecule has 1 heterocycles. The van der Waals surface area contributed by atoms with Crippen LogP contribution in [0.25, 0.3) is 0 Å². The zero-order valence-electron chi connectivity index (χ0n) is 15.2. The summed E-state index contributed by atoms with van der Waals surface area (Å²) in [6.45, 7) is 0.194. The molecule has 0 saturated carbocycles. The second kappa shape index (κ2) is 8.81. The summed E-state index contributed by atoms with van der Waals surface area (Å²) in [7, 11) is 0. The highest BCUT2D eigenvalue weighted by atomic mass is 16.2. The smallest absolute Gasteiger partial charge is 0.268 e. The van der Waals surface area contributed by atoms with Crippen LogP contribution in [0.15, 0.2) is 65.8 Å². The van der Waals surface area contributed by atoms with Crippen LogP contribution in [0.4, 0.5) is 5.69 Å². The van der Waals surface area contributed by atoms with Crippen LogP contribution in [-0.2, 0) is 20.9 Å². The third-order valence-corrected chi connectivity index (χ3v) is 4.26. The van der Waals surface area contributed by atoms with Gasteiger partial charge in [0.25, 0.3) is 5.91 Å². The van der Waals surface area contributed by atoms with Gasteiger partial charge in [-0.15, -0.1) is 0 Å². The van der Waals surface area contributed by atoms with Gasteiger partial charge in [-0.25, -0.2) is 0 Å². The van der Waals surface area contributed by atoms with E-state index < -0.39 is 17.9 Å². The highest BCUT2D eigenvalue weighted by Gasteiger charge is 2.34. The number of amides is 3. The minimum atomic E-state index is -0.741. The van der Waals surface area contributed by atoms with Crippen molar-refractivity contribution in [2.24, 2.45) is 10.8 Å². The van der Waals surface area contributed by atoms with E-state index in [1.807, 2.05) is 36.4 Å². The van der Waals surface area contributed by atoms with E-state index in [0.717, 1.165) is 5.56 Å². The van der Waals surface area contributed by atoms with Crippen LogP contribution in [0, 0.1) is 0 Å². The van der Waals surface area contributed by atoms with Crippen molar-refractivity contribution >= 4 is 29.1 Å². The predicted molar refractivity (Wildman–Crippen MR) is 105 cm³/mol. The Morgan fingerprint density at radius 3 is 2.29 bits per heavy atom. The molecule has 3 rings (SSSR count). The van der Waals surface area contributed by atoms with E-state index in [2.05, 4.69) is 15.7 Å². The maximum Gasteiger partial charge on any atom is 0.268 e. The number of rotatable bonds is 7. The number of carbonyl (C=O) groups is 3. The Labute approximate surface area is 162 Å². The lowest BCUT2D eigenvalue weighted by molar-refractivity contribution is -0.123. The number of nitrogens with one attached hydrogen (secondary N) is 2. The van der Waals surface area contributed by atoms with Gasteiger partial charge in [-0.3, -0.25) is 19.4 Å². The van der Waals surface area contributed by atoms with E-state index in [1.165, 1.54) is 5.01 Å². The van der Waals surface area contributed by atoms with E-state index in [-0.39, 0.29) is 24.6 Å². The number of carbonyl (C=O) groups excluding carboxylic acids is 3. The fourth-order valence-corrected chi connectivity index (χ4v) is 2.81. The van der Waals surface area contributed by atoms with E-state index >= 15 is 0 Å². The van der Waals surface area contributed by atoms with E-state index in [9.17, 15) is 14.4 Å². The zero-order valence-corrected chi connectivity index (χ0v) is 15.2. The molecule has 0 radical (unpaired) electrons.